The molecule has 318 valence electrons. The normalized spacial score (nSPS) is 16.4. The highest BCUT2D eigenvalue weighted by molar-refractivity contribution is 5.99. The number of pyridine rings is 2. The third-order valence-corrected chi connectivity index (χ3v) is 11.6. The molecule has 2 aliphatic heterocycles. The molecule has 2 atom stereocenters. The first kappa shape index (κ1) is 40.7. The summed E-state index contributed by atoms with van der Waals surface area (Å²) < 4.78 is 17.1. The van der Waals surface area contributed by atoms with Gasteiger partial charge in [0.1, 0.15) is 22.9 Å². The van der Waals surface area contributed by atoms with Crippen molar-refractivity contribution in [2.75, 3.05) is 51.0 Å². The minimum atomic E-state index is -0.388. The molecule has 15 heteroatoms. The van der Waals surface area contributed by atoms with Gasteiger partial charge in [-0.05, 0) is 98.5 Å². The third-order valence-electron chi connectivity index (χ3n) is 11.6. The summed E-state index contributed by atoms with van der Waals surface area (Å²) in [5, 5.41) is 16.1. The Morgan fingerprint density at radius 1 is 0.587 bits per heavy atom. The largest absolute Gasteiger partial charge is 0.496 e. The molecule has 4 aromatic carbocycles. The van der Waals surface area contributed by atoms with Gasteiger partial charge in [-0.3, -0.25) is 19.2 Å². The maximum absolute atomic E-state index is 13.5. The van der Waals surface area contributed by atoms with Crippen LogP contribution in [0, 0.1) is 11.8 Å². The molecule has 5 heterocycles. The van der Waals surface area contributed by atoms with Crippen molar-refractivity contribution in [3.05, 3.63) is 121 Å². The second-order valence-corrected chi connectivity index (χ2v) is 15.7. The molecule has 0 bridgehead atoms. The number of piperidine rings is 2. The molecule has 3 aromatic heterocycles. The molecule has 2 fully saturated rings. The SMILES string of the molecule is COc1cc(C(=O)N2CCC[C@H](C(=O)Nc3ccc(-c4nnc(-c5ccc(NC(=O)[C@H]6CCCN(C(=O)c7cc(OC)c8ccccc8n7)C6)cc5)o4)cc3)C2)nc2ccccc12. The number of para-hydroxylation sites is 2. The molecule has 0 spiro atoms. The number of hydrogen-bond acceptors (Lipinski definition) is 11. The van der Waals surface area contributed by atoms with Crippen LogP contribution in [-0.4, -0.2) is 94.0 Å². The maximum Gasteiger partial charge on any atom is 0.272 e. The van der Waals surface area contributed by atoms with Gasteiger partial charge in [0, 0.05) is 71.6 Å². The summed E-state index contributed by atoms with van der Waals surface area (Å²) in [7, 11) is 3.13. The van der Waals surface area contributed by atoms with E-state index in [1.165, 1.54) is 0 Å². The maximum atomic E-state index is 13.5. The topological polar surface area (TPSA) is 182 Å². The molecule has 2 aliphatic rings. The fourth-order valence-corrected chi connectivity index (χ4v) is 8.26. The lowest BCUT2D eigenvalue weighted by Crippen LogP contribution is -2.44. The fraction of sp³-hybridized carbons (Fsp3) is 0.250. The van der Waals surface area contributed by atoms with Gasteiger partial charge in [-0.25, -0.2) is 9.97 Å². The molecule has 15 nitrogen and oxygen atoms in total. The van der Waals surface area contributed by atoms with Crippen LogP contribution in [0.25, 0.3) is 44.7 Å². The number of amides is 4. The van der Waals surface area contributed by atoms with E-state index >= 15 is 0 Å². The van der Waals surface area contributed by atoms with Gasteiger partial charge in [0.05, 0.1) is 37.1 Å². The van der Waals surface area contributed by atoms with Gasteiger partial charge in [-0.2, -0.15) is 0 Å². The van der Waals surface area contributed by atoms with E-state index in [4.69, 9.17) is 13.9 Å². The standard InChI is InChI=1S/C48H44N8O7/c1-61-41-25-39(51-37-13-5-3-11-35(37)41)47(59)55-23-7-9-31(27-55)43(57)49-33-19-15-29(16-20-33)45-53-54-46(63-45)30-17-21-34(22-18-30)50-44(58)32-10-8-24-56(28-32)48(60)40-26-42(62-2)36-12-4-6-14-38(36)52-40/h3-6,11-22,25-26,31-32H,7-10,23-24,27-28H2,1-2H3,(H,49,57)(H,50,58)/t31-,32-/m0/s1. The van der Waals surface area contributed by atoms with Crippen molar-refractivity contribution in [1.29, 1.82) is 0 Å². The zero-order valence-corrected chi connectivity index (χ0v) is 34.7. The highest BCUT2D eigenvalue weighted by Gasteiger charge is 2.32. The Bertz CT molecular complexity index is 2650. The van der Waals surface area contributed by atoms with E-state index < -0.39 is 0 Å². The van der Waals surface area contributed by atoms with Crippen molar-refractivity contribution in [1.82, 2.24) is 30.0 Å². The second-order valence-electron chi connectivity index (χ2n) is 15.7. The van der Waals surface area contributed by atoms with Crippen molar-refractivity contribution in [3.63, 3.8) is 0 Å². The molecule has 0 aliphatic carbocycles. The number of rotatable bonds is 10. The van der Waals surface area contributed by atoms with Crippen LogP contribution in [0.3, 0.4) is 0 Å². The molecular weight excluding hydrogens is 801 g/mol. The Morgan fingerprint density at radius 2 is 1.00 bits per heavy atom. The molecule has 4 amide bonds. The Hall–Kier alpha value is -7.68. The number of ether oxygens (including phenoxy) is 2. The predicted molar refractivity (Wildman–Crippen MR) is 236 cm³/mol. The molecule has 0 radical (unpaired) electrons. The van der Waals surface area contributed by atoms with Crippen LogP contribution in [-0.2, 0) is 9.59 Å². The molecule has 63 heavy (non-hydrogen) atoms. The van der Waals surface area contributed by atoms with Gasteiger partial charge in [0.25, 0.3) is 11.8 Å². The number of nitrogens with one attached hydrogen (secondary N) is 2. The summed E-state index contributed by atoms with van der Waals surface area (Å²) in [6.07, 6.45) is 2.69. The van der Waals surface area contributed by atoms with Crippen LogP contribution in [0.5, 0.6) is 11.5 Å². The number of likely N-dealkylation sites (tertiary alicyclic amines) is 2. The first-order valence-corrected chi connectivity index (χ1v) is 20.9. The van der Waals surface area contributed by atoms with Crippen molar-refractivity contribution in [2.24, 2.45) is 11.8 Å². The molecule has 0 unspecified atom stereocenters. The third kappa shape index (κ3) is 8.62. The Balaban J connectivity index is 0.780. The van der Waals surface area contributed by atoms with E-state index in [1.54, 1.807) is 84.7 Å². The number of carbonyl (C=O) groups is 4. The van der Waals surface area contributed by atoms with Crippen molar-refractivity contribution >= 4 is 56.8 Å². The summed E-state index contributed by atoms with van der Waals surface area (Å²) in [5.74, 6) is 0.157. The van der Waals surface area contributed by atoms with E-state index in [1.807, 2.05) is 48.5 Å². The lowest BCUT2D eigenvalue weighted by atomic mass is 9.96. The van der Waals surface area contributed by atoms with Crippen LogP contribution in [0.2, 0.25) is 0 Å². The first-order valence-electron chi connectivity index (χ1n) is 20.9. The summed E-state index contributed by atoms with van der Waals surface area (Å²) in [6, 6.07) is 32.5. The number of fused-ring (bicyclic) bond motifs is 2. The van der Waals surface area contributed by atoms with Gasteiger partial charge in [-0.15, -0.1) is 10.2 Å². The van der Waals surface area contributed by atoms with Crippen LogP contribution < -0.4 is 20.1 Å². The van der Waals surface area contributed by atoms with Gasteiger partial charge in [0.15, 0.2) is 0 Å². The number of methoxy groups -OCH3 is 2. The van der Waals surface area contributed by atoms with Crippen LogP contribution in [0.4, 0.5) is 11.4 Å². The fourth-order valence-electron chi connectivity index (χ4n) is 8.26. The zero-order chi connectivity index (χ0) is 43.5. The molecular formula is C48H44N8O7. The smallest absolute Gasteiger partial charge is 0.272 e. The van der Waals surface area contributed by atoms with E-state index in [9.17, 15) is 19.2 Å². The van der Waals surface area contributed by atoms with Gasteiger partial charge in [0.2, 0.25) is 23.6 Å². The Kier molecular flexibility index (Phi) is 11.5. The minimum absolute atomic E-state index is 0.171. The second kappa shape index (κ2) is 17.7. The highest BCUT2D eigenvalue weighted by atomic mass is 16.5. The van der Waals surface area contributed by atoms with Gasteiger partial charge < -0.3 is 34.3 Å². The number of aromatic nitrogens is 4. The van der Waals surface area contributed by atoms with Gasteiger partial charge in [-0.1, -0.05) is 24.3 Å². The van der Waals surface area contributed by atoms with E-state index in [0.29, 0.717) is 95.6 Å². The van der Waals surface area contributed by atoms with Crippen LogP contribution in [0.1, 0.15) is 46.7 Å². The van der Waals surface area contributed by atoms with Crippen molar-refractivity contribution < 1.29 is 33.1 Å². The molecule has 7 aromatic rings. The average Bonchev–Trinajstić information content (AvgIpc) is 3.84. The number of carbonyl (C=O) groups excluding carboxylic acids is 4. The lowest BCUT2D eigenvalue weighted by Gasteiger charge is -2.32. The number of benzene rings is 4. The van der Waals surface area contributed by atoms with Crippen molar-refractivity contribution in [2.45, 2.75) is 25.7 Å². The van der Waals surface area contributed by atoms with E-state index in [0.717, 1.165) is 10.8 Å². The Morgan fingerprint density at radius 3 is 1.41 bits per heavy atom. The summed E-state index contributed by atoms with van der Waals surface area (Å²) in [6.45, 7) is 1.63. The highest BCUT2D eigenvalue weighted by Crippen LogP contribution is 2.31. The molecule has 2 N–H and O–H groups in total. The summed E-state index contributed by atoms with van der Waals surface area (Å²) in [4.78, 5) is 66.4. The number of anilines is 2. The first-order chi connectivity index (χ1) is 30.7. The number of hydrogen-bond donors (Lipinski definition) is 2. The van der Waals surface area contributed by atoms with Crippen LogP contribution in [0.15, 0.2) is 114 Å². The summed E-state index contributed by atoms with van der Waals surface area (Å²) >= 11 is 0. The van der Waals surface area contributed by atoms with Gasteiger partial charge >= 0.3 is 0 Å². The molecule has 2 saturated heterocycles. The Labute approximate surface area is 362 Å². The number of nitrogens with zero attached hydrogens (tertiary/aromatic N) is 6. The molecule has 9 rings (SSSR count). The minimum Gasteiger partial charge on any atom is -0.496 e. The summed E-state index contributed by atoms with van der Waals surface area (Å²) in [5.41, 5.74) is 4.43. The van der Waals surface area contributed by atoms with Crippen LogP contribution >= 0.6 is 0 Å². The average molecular weight is 845 g/mol. The van der Waals surface area contributed by atoms with E-state index in [2.05, 4.69) is 30.8 Å². The van der Waals surface area contributed by atoms with Crippen molar-refractivity contribution in [3.8, 4) is 34.4 Å². The zero-order valence-electron chi connectivity index (χ0n) is 34.7. The quantitative estimate of drug-likeness (QED) is 0.139. The monoisotopic (exact) mass is 844 g/mol. The lowest BCUT2D eigenvalue weighted by molar-refractivity contribution is -0.122. The molecule has 0 saturated carbocycles. The van der Waals surface area contributed by atoms with E-state index in [-0.39, 0.29) is 59.9 Å². The predicted octanol–water partition coefficient (Wildman–Crippen LogP) is 7.50.